The number of rotatable bonds is 2. The van der Waals surface area contributed by atoms with E-state index in [9.17, 15) is 0 Å². The molecular weight excluding hydrogens is 272 g/mol. The van der Waals surface area contributed by atoms with E-state index in [0.29, 0.717) is 0 Å². The Morgan fingerprint density at radius 3 is 2.83 bits per heavy atom. The first-order chi connectivity index (χ1) is 8.36. The van der Waals surface area contributed by atoms with Gasteiger partial charge in [-0.3, -0.25) is 0 Å². The average molecular weight is 287 g/mol. The van der Waals surface area contributed by atoms with Gasteiger partial charge in [0.2, 0.25) is 0 Å². The summed E-state index contributed by atoms with van der Waals surface area (Å²) in [4.78, 5) is 6.93. The van der Waals surface area contributed by atoms with Gasteiger partial charge < -0.3 is 14.4 Å². The predicted octanol–water partition coefficient (Wildman–Crippen LogP) is 2.56. The lowest BCUT2D eigenvalue weighted by molar-refractivity contribution is 0.122. The topological polar surface area (TPSA) is 34.6 Å². The number of morpholine rings is 1. The molecule has 4 nitrogen and oxygen atoms in total. The Morgan fingerprint density at radius 1 is 1.33 bits per heavy atom. The Kier molecular flexibility index (Phi) is 4.27. The first-order valence-corrected chi connectivity index (χ1v) is 6.46. The Morgan fingerprint density at radius 2 is 2.11 bits per heavy atom. The molecule has 1 fully saturated rings. The molecule has 0 unspecified atom stereocenters. The fourth-order valence-electron chi connectivity index (χ4n) is 1.91. The molecule has 0 spiro atoms. The van der Waals surface area contributed by atoms with Crippen LogP contribution in [0.15, 0.2) is 18.2 Å². The van der Waals surface area contributed by atoms with Crippen molar-refractivity contribution < 1.29 is 9.47 Å². The number of thiazole rings is 1. The van der Waals surface area contributed by atoms with Gasteiger partial charge in [0.05, 0.1) is 30.5 Å². The van der Waals surface area contributed by atoms with Crippen LogP contribution in [0.25, 0.3) is 10.2 Å². The van der Waals surface area contributed by atoms with Crippen LogP contribution in [-0.4, -0.2) is 38.4 Å². The molecule has 0 bridgehead atoms. The second-order valence-corrected chi connectivity index (χ2v) is 4.94. The van der Waals surface area contributed by atoms with Gasteiger partial charge in [-0.25, -0.2) is 4.98 Å². The van der Waals surface area contributed by atoms with Gasteiger partial charge in [0, 0.05) is 19.2 Å². The van der Waals surface area contributed by atoms with Crippen LogP contribution in [0, 0.1) is 0 Å². The third kappa shape index (κ3) is 2.53. The summed E-state index contributed by atoms with van der Waals surface area (Å²) >= 11 is 1.73. The van der Waals surface area contributed by atoms with Crippen molar-refractivity contribution in [1.82, 2.24) is 4.98 Å². The highest BCUT2D eigenvalue weighted by molar-refractivity contribution is 7.22. The summed E-state index contributed by atoms with van der Waals surface area (Å²) in [6, 6.07) is 6.02. The minimum atomic E-state index is 0. The Labute approximate surface area is 116 Å². The number of anilines is 1. The van der Waals surface area contributed by atoms with Crippen molar-refractivity contribution in [3.63, 3.8) is 0 Å². The molecule has 0 aliphatic carbocycles. The zero-order chi connectivity index (χ0) is 11.7. The van der Waals surface area contributed by atoms with E-state index in [4.69, 9.17) is 9.47 Å². The van der Waals surface area contributed by atoms with Crippen LogP contribution < -0.4 is 9.64 Å². The second-order valence-electron chi connectivity index (χ2n) is 3.93. The highest BCUT2D eigenvalue weighted by atomic mass is 35.5. The molecule has 18 heavy (non-hydrogen) atoms. The van der Waals surface area contributed by atoms with Gasteiger partial charge in [0.1, 0.15) is 5.75 Å². The number of ether oxygens (including phenoxy) is 2. The van der Waals surface area contributed by atoms with E-state index in [2.05, 4.69) is 16.0 Å². The van der Waals surface area contributed by atoms with Crippen molar-refractivity contribution in [1.29, 1.82) is 0 Å². The Balaban J connectivity index is 0.00000120. The quantitative estimate of drug-likeness (QED) is 0.850. The molecule has 0 amide bonds. The molecule has 3 rings (SSSR count). The van der Waals surface area contributed by atoms with Gasteiger partial charge in [-0.1, -0.05) is 11.3 Å². The largest absolute Gasteiger partial charge is 0.497 e. The number of nitrogens with zero attached hydrogens (tertiary/aromatic N) is 2. The number of benzene rings is 1. The molecule has 2 aromatic rings. The summed E-state index contributed by atoms with van der Waals surface area (Å²) in [5.41, 5.74) is 1.01. The van der Waals surface area contributed by atoms with Crippen molar-refractivity contribution in [2.24, 2.45) is 0 Å². The summed E-state index contributed by atoms with van der Waals surface area (Å²) in [5.74, 6) is 0.858. The zero-order valence-electron chi connectivity index (χ0n) is 10.1. The molecule has 6 heteroatoms. The van der Waals surface area contributed by atoms with Crippen LogP contribution in [0.3, 0.4) is 0 Å². The average Bonchev–Trinajstić information content (AvgIpc) is 2.82. The smallest absolute Gasteiger partial charge is 0.186 e. The summed E-state index contributed by atoms with van der Waals surface area (Å²) in [5, 5.41) is 1.08. The Hall–Kier alpha value is -1.04. The summed E-state index contributed by atoms with van der Waals surface area (Å²) in [7, 11) is 1.68. The number of aromatic nitrogens is 1. The van der Waals surface area contributed by atoms with E-state index in [1.807, 2.05) is 12.1 Å². The lowest BCUT2D eigenvalue weighted by Crippen LogP contribution is -2.36. The van der Waals surface area contributed by atoms with Gasteiger partial charge >= 0.3 is 0 Å². The van der Waals surface area contributed by atoms with Gasteiger partial charge in [0.25, 0.3) is 0 Å². The molecule has 0 N–H and O–H groups in total. The highest BCUT2D eigenvalue weighted by Crippen LogP contribution is 2.31. The molecule has 2 heterocycles. The fourth-order valence-corrected chi connectivity index (χ4v) is 2.91. The van der Waals surface area contributed by atoms with E-state index in [1.165, 1.54) is 4.70 Å². The third-order valence-electron chi connectivity index (χ3n) is 2.87. The molecule has 1 aromatic carbocycles. The second kappa shape index (κ2) is 5.73. The first-order valence-electron chi connectivity index (χ1n) is 5.64. The van der Waals surface area contributed by atoms with Crippen LogP contribution in [0.4, 0.5) is 5.13 Å². The van der Waals surface area contributed by atoms with Crippen molar-refractivity contribution in [2.45, 2.75) is 0 Å². The standard InChI is InChI=1S/C12H14N2O2S.ClH/c1-15-9-2-3-11-10(8-9)13-12(17-11)14-4-6-16-7-5-14;/h2-3,8H,4-7H2,1H3;1H. The van der Waals surface area contributed by atoms with E-state index >= 15 is 0 Å². The molecule has 1 aromatic heterocycles. The predicted molar refractivity (Wildman–Crippen MR) is 76.5 cm³/mol. The van der Waals surface area contributed by atoms with Gasteiger partial charge in [-0.2, -0.15) is 0 Å². The van der Waals surface area contributed by atoms with E-state index in [0.717, 1.165) is 42.7 Å². The molecule has 0 radical (unpaired) electrons. The van der Waals surface area contributed by atoms with E-state index < -0.39 is 0 Å². The van der Waals surface area contributed by atoms with Gasteiger partial charge in [-0.15, -0.1) is 12.4 Å². The lowest BCUT2D eigenvalue weighted by Gasteiger charge is -2.25. The minimum absolute atomic E-state index is 0. The third-order valence-corrected chi connectivity index (χ3v) is 3.96. The lowest BCUT2D eigenvalue weighted by atomic mass is 10.3. The molecular formula is C12H15ClN2O2S. The maximum absolute atomic E-state index is 5.35. The number of halogens is 1. The van der Waals surface area contributed by atoms with Crippen LogP contribution in [-0.2, 0) is 4.74 Å². The van der Waals surface area contributed by atoms with Gasteiger partial charge in [-0.05, 0) is 12.1 Å². The SMILES string of the molecule is COc1ccc2sc(N3CCOCC3)nc2c1.Cl. The van der Waals surface area contributed by atoms with E-state index in [1.54, 1.807) is 18.4 Å². The fraction of sp³-hybridized carbons (Fsp3) is 0.417. The Bertz CT molecular complexity index is 526. The maximum Gasteiger partial charge on any atom is 0.186 e. The van der Waals surface area contributed by atoms with Crippen LogP contribution in [0.5, 0.6) is 5.75 Å². The zero-order valence-corrected chi connectivity index (χ0v) is 11.7. The van der Waals surface area contributed by atoms with Crippen LogP contribution >= 0.6 is 23.7 Å². The number of hydrogen-bond acceptors (Lipinski definition) is 5. The van der Waals surface area contributed by atoms with Crippen molar-refractivity contribution >= 4 is 39.1 Å². The summed E-state index contributed by atoms with van der Waals surface area (Å²) in [6.45, 7) is 3.44. The normalized spacial score (nSPS) is 15.5. The minimum Gasteiger partial charge on any atom is -0.497 e. The molecule has 0 saturated carbocycles. The summed E-state index contributed by atoms with van der Waals surface area (Å²) < 4.78 is 11.8. The van der Waals surface area contributed by atoms with Crippen molar-refractivity contribution in [3.8, 4) is 5.75 Å². The maximum atomic E-state index is 5.35. The molecule has 1 aliphatic heterocycles. The molecule has 1 saturated heterocycles. The first kappa shape index (κ1) is 13.4. The monoisotopic (exact) mass is 286 g/mol. The van der Waals surface area contributed by atoms with Crippen LogP contribution in [0.2, 0.25) is 0 Å². The van der Waals surface area contributed by atoms with Gasteiger partial charge in [0.15, 0.2) is 5.13 Å². The van der Waals surface area contributed by atoms with E-state index in [-0.39, 0.29) is 12.4 Å². The highest BCUT2D eigenvalue weighted by Gasteiger charge is 2.15. The number of hydrogen-bond donors (Lipinski definition) is 0. The van der Waals surface area contributed by atoms with Crippen molar-refractivity contribution in [2.75, 3.05) is 38.3 Å². The van der Waals surface area contributed by atoms with Crippen LogP contribution in [0.1, 0.15) is 0 Å². The summed E-state index contributed by atoms with van der Waals surface area (Å²) in [6.07, 6.45) is 0. The number of fused-ring (bicyclic) bond motifs is 1. The molecule has 98 valence electrons. The number of methoxy groups -OCH3 is 1. The molecule has 0 atom stereocenters. The van der Waals surface area contributed by atoms with Crippen molar-refractivity contribution in [3.05, 3.63) is 18.2 Å². The molecule has 1 aliphatic rings.